The van der Waals surface area contributed by atoms with Gasteiger partial charge in [-0.1, -0.05) is 19.8 Å². The molecule has 0 amide bonds. The zero-order chi connectivity index (χ0) is 11.3. The van der Waals surface area contributed by atoms with Gasteiger partial charge in [-0.25, -0.2) is 8.78 Å². The topological polar surface area (TPSA) is 12.0 Å². The maximum atomic E-state index is 13.2. The van der Waals surface area contributed by atoms with Crippen molar-refractivity contribution in [3.8, 4) is 0 Å². The first-order chi connectivity index (χ1) is 7.13. The van der Waals surface area contributed by atoms with Crippen LogP contribution in [0.2, 0.25) is 0 Å². The first-order valence-corrected chi connectivity index (χ1v) is 5.35. The van der Waals surface area contributed by atoms with Gasteiger partial charge in [-0.05, 0) is 25.5 Å². The molecule has 0 radical (unpaired) electrons. The molecule has 1 rings (SSSR count). The number of rotatable bonds is 5. The van der Waals surface area contributed by atoms with Gasteiger partial charge in [-0.3, -0.25) is 0 Å². The lowest BCUT2D eigenvalue weighted by atomic mass is 10.1. The lowest BCUT2D eigenvalue weighted by molar-refractivity contribution is 0.579. The van der Waals surface area contributed by atoms with E-state index in [1.165, 1.54) is 12.1 Å². The second kappa shape index (κ2) is 5.69. The Bertz CT molecular complexity index is 312. The normalized spacial score (nSPS) is 12.5. The van der Waals surface area contributed by atoms with E-state index in [9.17, 15) is 8.78 Å². The molecular weight excluding hydrogens is 196 g/mol. The second-order valence-electron chi connectivity index (χ2n) is 3.81. The van der Waals surface area contributed by atoms with Crippen molar-refractivity contribution in [2.75, 3.05) is 5.32 Å². The zero-order valence-corrected chi connectivity index (χ0v) is 9.19. The predicted octanol–water partition coefficient (Wildman–Crippen LogP) is 3.96. The Kier molecular flexibility index (Phi) is 4.53. The third kappa shape index (κ3) is 3.86. The Morgan fingerprint density at radius 2 is 2.07 bits per heavy atom. The van der Waals surface area contributed by atoms with E-state index in [2.05, 4.69) is 12.2 Å². The van der Waals surface area contributed by atoms with Crippen LogP contribution in [0, 0.1) is 11.6 Å². The van der Waals surface area contributed by atoms with Gasteiger partial charge in [0.25, 0.3) is 0 Å². The summed E-state index contributed by atoms with van der Waals surface area (Å²) in [5, 5.41) is 3.03. The molecule has 0 fully saturated rings. The fourth-order valence-corrected chi connectivity index (χ4v) is 1.45. The molecule has 1 atom stereocenters. The van der Waals surface area contributed by atoms with E-state index in [4.69, 9.17) is 0 Å². The van der Waals surface area contributed by atoms with E-state index in [0.717, 1.165) is 25.3 Å². The van der Waals surface area contributed by atoms with Crippen LogP contribution in [-0.2, 0) is 0 Å². The number of nitrogens with one attached hydrogen (secondary N) is 1. The first kappa shape index (κ1) is 12.0. The van der Waals surface area contributed by atoms with Crippen LogP contribution >= 0.6 is 0 Å². The molecule has 0 aliphatic carbocycles. The minimum atomic E-state index is -0.542. The van der Waals surface area contributed by atoms with E-state index in [-0.39, 0.29) is 6.04 Å². The van der Waals surface area contributed by atoms with Gasteiger partial charge in [0.2, 0.25) is 0 Å². The summed E-state index contributed by atoms with van der Waals surface area (Å²) in [6.07, 6.45) is 3.22. The first-order valence-electron chi connectivity index (χ1n) is 5.35. The third-order valence-corrected chi connectivity index (χ3v) is 2.32. The van der Waals surface area contributed by atoms with E-state index in [1.54, 1.807) is 0 Å². The number of unbranched alkanes of at least 4 members (excludes halogenated alkanes) is 1. The van der Waals surface area contributed by atoms with Gasteiger partial charge in [-0.15, -0.1) is 0 Å². The summed E-state index contributed by atoms with van der Waals surface area (Å²) >= 11 is 0. The Morgan fingerprint density at radius 3 is 2.67 bits per heavy atom. The molecule has 15 heavy (non-hydrogen) atoms. The lowest BCUT2D eigenvalue weighted by Crippen LogP contribution is -2.15. The molecular formula is C12H17F2N. The SMILES string of the molecule is CCCCC(C)Nc1ccc(F)cc1F. The summed E-state index contributed by atoms with van der Waals surface area (Å²) in [6.45, 7) is 4.11. The molecule has 1 aromatic rings. The van der Waals surface area contributed by atoms with Crippen molar-refractivity contribution in [3.63, 3.8) is 0 Å². The van der Waals surface area contributed by atoms with Crippen molar-refractivity contribution in [1.29, 1.82) is 0 Å². The fraction of sp³-hybridized carbons (Fsp3) is 0.500. The summed E-state index contributed by atoms with van der Waals surface area (Å²) in [4.78, 5) is 0. The third-order valence-electron chi connectivity index (χ3n) is 2.32. The van der Waals surface area contributed by atoms with Crippen LogP contribution < -0.4 is 5.32 Å². The molecule has 0 saturated carbocycles. The van der Waals surface area contributed by atoms with Gasteiger partial charge in [0.1, 0.15) is 11.6 Å². The highest BCUT2D eigenvalue weighted by atomic mass is 19.1. The highest BCUT2D eigenvalue weighted by Crippen LogP contribution is 2.17. The van der Waals surface area contributed by atoms with E-state index in [1.807, 2.05) is 6.92 Å². The minimum absolute atomic E-state index is 0.213. The van der Waals surface area contributed by atoms with Gasteiger partial charge < -0.3 is 5.32 Å². The Labute approximate surface area is 89.5 Å². The van der Waals surface area contributed by atoms with Crippen LogP contribution in [0.5, 0.6) is 0 Å². The molecule has 0 spiro atoms. The summed E-state index contributed by atoms with van der Waals surface area (Å²) in [5.41, 5.74) is 0.375. The molecule has 0 aromatic heterocycles. The number of hydrogen-bond acceptors (Lipinski definition) is 1. The summed E-state index contributed by atoms with van der Waals surface area (Å²) in [6, 6.07) is 3.81. The highest BCUT2D eigenvalue weighted by molar-refractivity contribution is 5.45. The molecule has 3 heteroatoms. The fourth-order valence-electron chi connectivity index (χ4n) is 1.45. The van der Waals surface area contributed by atoms with Crippen molar-refractivity contribution in [2.45, 2.75) is 39.2 Å². The average Bonchev–Trinajstić information content (AvgIpc) is 2.19. The van der Waals surface area contributed by atoms with Crippen LogP contribution in [-0.4, -0.2) is 6.04 Å². The lowest BCUT2D eigenvalue weighted by Gasteiger charge is -2.15. The summed E-state index contributed by atoms with van der Waals surface area (Å²) in [7, 11) is 0. The maximum absolute atomic E-state index is 13.2. The molecule has 0 bridgehead atoms. The smallest absolute Gasteiger partial charge is 0.149 e. The molecule has 0 aliphatic rings. The van der Waals surface area contributed by atoms with Crippen LogP contribution in [0.3, 0.4) is 0 Å². The van der Waals surface area contributed by atoms with Crippen LogP contribution in [0.15, 0.2) is 18.2 Å². The standard InChI is InChI=1S/C12H17F2N/c1-3-4-5-9(2)15-12-7-6-10(13)8-11(12)14/h6-9,15H,3-5H2,1-2H3. The Hall–Kier alpha value is -1.12. The number of benzene rings is 1. The molecule has 1 nitrogen and oxygen atoms in total. The largest absolute Gasteiger partial charge is 0.380 e. The van der Waals surface area contributed by atoms with Gasteiger partial charge in [0, 0.05) is 12.1 Å². The monoisotopic (exact) mass is 213 g/mol. The molecule has 0 saturated heterocycles. The number of anilines is 1. The van der Waals surface area contributed by atoms with Crippen molar-refractivity contribution < 1.29 is 8.78 Å². The molecule has 0 aliphatic heterocycles. The Morgan fingerprint density at radius 1 is 1.33 bits per heavy atom. The van der Waals surface area contributed by atoms with Crippen LogP contribution in [0.25, 0.3) is 0 Å². The van der Waals surface area contributed by atoms with Crippen molar-refractivity contribution in [3.05, 3.63) is 29.8 Å². The summed E-state index contributed by atoms with van der Waals surface area (Å²) < 4.78 is 25.9. The van der Waals surface area contributed by atoms with Crippen molar-refractivity contribution >= 4 is 5.69 Å². The van der Waals surface area contributed by atoms with Crippen molar-refractivity contribution in [1.82, 2.24) is 0 Å². The highest BCUT2D eigenvalue weighted by Gasteiger charge is 2.06. The average molecular weight is 213 g/mol. The predicted molar refractivity (Wildman–Crippen MR) is 59.0 cm³/mol. The number of halogens is 2. The quantitative estimate of drug-likeness (QED) is 0.780. The van der Waals surface area contributed by atoms with E-state index < -0.39 is 11.6 Å². The van der Waals surface area contributed by atoms with Gasteiger partial charge in [0.05, 0.1) is 5.69 Å². The molecule has 0 heterocycles. The number of hydrogen-bond donors (Lipinski definition) is 1. The van der Waals surface area contributed by atoms with Crippen LogP contribution in [0.1, 0.15) is 33.1 Å². The Balaban J connectivity index is 2.56. The van der Waals surface area contributed by atoms with Gasteiger partial charge in [-0.2, -0.15) is 0 Å². The maximum Gasteiger partial charge on any atom is 0.149 e. The summed E-state index contributed by atoms with van der Waals surface area (Å²) in [5.74, 6) is -1.07. The van der Waals surface area contributed by atoms with Crippen LogP contribution in [0.4, 0.5) is 14.5 Å². The van der Waals surface area contributed by atoms with E-state index in [0.29, 0.717) is 5.69 Å². The molecule has 1 N–H and O–H groups in total. The molecule has 1 unspecified atom stereocenters. The van der Waals surface area contributed by atoms with Crippen molar-refractivity contribution in [2.24, 2.45) is 0 Å². The molecule has 1 aromatic carbocycles. The zero-order valence-electron chi connectivity index (χ0n) is 9.19. The second-order valence-corrected chi connectivity index (χ2v) is 3.81. The van der Waals surface area contributed by atoms with Gasteiger partial charge in [0.15, 0.2) is 0 Å². The van der Waals surface area contributed by atoms with E-state index >= 15 is 0 Å². The molecule has 84 valence electrons. The minimum Gasteiger partial charge on any atom is -0.380 e. The van der Waals surface area contributed by atoms with Gasteiger partial charge >= 0.3 is 0 Å².